The minimum Gasteiger partial charge on any atom is -0.492 e. The van der Waals surface area contributed by atoms with Gasteiger partial charge in [-0.25, -0.2) is 4.98 Å². The van der Waals surface area contributed by atoms with Crippen molar-refractivity contribution in [3.05, 3.63) is 41.6 Å². The number of hydrogen-bond acceptors (Lipinski definition) is 6. The summed E-state index contributed by atoms with van der Waals surface area (Å²) in [7, 11) is 0. The number of nitrogens with zero attached hydrogens (tertiary/aromatic N) is 5. The van der Waals surface area contributed by atoms with Crippen LogP contribution in [0.25, 0.3) is 5.65 Å². The van der Waals surface area contributed by atoms with Crippen molar-refractivity contribution in [1.29, 1.82) is 0 Å². The Kier molecular flexibility index (Phi) is 4.24. The van der Waals surface area contributed by atoms with Crippen LogP contribution in [0.2, 0.25) is 0 Å². The van der Waals surface area contributed by atoms with Gasteiger partial charge in [-0.1, -0.05) is 11.8 Å². The lowest BCUT2D eigenvalue weighted by molar-refractivity contribution is 0.338. The number of rotatable bonds is 5. The van der Waals surface area contributed by atoms with Crippen LogP contribution in [0.4, 0.5) is 0 Å². The molecule has 6 nitrogen and oxygen atoms in total. The van der Waals surface area contributed by atoms with E-state index in [1.807, 2.05) is 43.4 Å². The van der Waals surface area contributed by atoms with Crippen LogP contribution in [0.15, 0.2) is 29.6 Å². The Morgan fingerprint density at radius 2 is 2.09 bits per heavy atom. The predicted molar refractivity (Wildman–Crippen MR) is 85.2 cm³/mol. The van der Waals surface area contributed by atoms with Crippen molar-refractivity contribution in [1.82, 2.24) is 24.6 Å². The van der Waals surface area contributed by atoms with Crippen LogP contribution >= 0.6 is 11.8 Å². The van der Waals surface area contributed by atoms with Crippen molar-refractivity contribution in [3.63, 3.8) is 0 Å². The Hall–Kier alpha value is -2.15. The van der Waals surface area contributed by atoms with E-state index in [2.05, 4.69) is 20.2 Å². The summed E-state index contributed by atoms with van der Waals surface area (Å²) in [6, 6.07) is 5.83. The van der Waals surface area contributed by atoms with Crippen LogP contribution < -0.4 is 4.74 Å². The molecule has 0 aliphatic rings. The number of fused-ring (bicyclic) bond motifs is 1. The molecule has 0 unspecified atom stereocenters. The third kappa shape index (κ3) is 3.04. The first-order valence-electron chi connectivity index (χ1n) is 7.07. The minimum absolute atomic E-state index is 0.646. The highest BCUT2D eigenvalue weighted by molar-refractivity contribution is 7.98. The summed E-state index contributed by atoms with van der Waals surface area (Å²) in [6.45, 7) is 6.52. The van der Waals surface area contributed by atoms with E-state index in [1.54, 1.807) is 18.0 Å². The molecule has 0 aliphatic heterocycles. The molecule has 3 aromatic rings. The molecule has 3 aromatic heterocycles. The molecule has 0 fully saturated rings. The highest BCUT2D eigenvalue weighted by Gasteiger charge is 2.10. The number of hydrogen-bond donors (Lipinski definition) is 0. The number of pyridine rings is 1. The molecule has 3 rings (SSSR count). The molecular weight excluding hydrogens is 298 g/mol. The monoisotopic (exact) mass is 315 g/mol. The molecule has 0 aliphatic carbocycles. The smallest absolute Gasteiger partial charge is 0.197 e. The summed E-state index contributed by atoms with van der Waals surface area (Å²) in [5.74, 6) is 2.41. The molecule has 3 heterocycles. The highest BCUT2D eigenvalue weighted by atomic mass is 32.2. The van der Waals surface area contributed by atoms with Crippen LogP contribution in [0.1, 0.15) is 24.1 Å². The maximum atomic E-state index is 5.39. The second kappa shape index (κ2) is 6.31. The van der Waals surface area contributed by atoms with E-state index in [1.165, 1.54) is 0 Å². The number of aromatic nitrogens is 5. The Balaban J connectivity index is 1.76. The van der Waals surface area contributed by atoms with Crippen LogP contribution in [0.3, 0.4) is 0 Å². The lowest BCUT2D eigenvalue weighted by Crippen LogP contribution is -1.99. The molecule has 0 atom stereocenters. The SMILES string of the molecule is CCOc1ccc(CSc2nnc3cc(C)nc(C)n23)nc1. The zero-order chi connectivity index (χ0) is 15.5. The van der Waals surface area contributed by atoms with Gasteiger partial charge in [0.1, 0.15) is 11.6 Å². The minimum atomic E-state index is 0.646. The predicted octanol–water partition coefficient (Wildman–Crippen LogP) is 2.83. The fourth-order valence-corrected chi connectivity index (χ4v) is 3.08. The van der Waals surface area contributed by atoms with E-state index in [9.17, 15) is 0 Å². The Labute approximate surface area is 133 Å². The van der Waals surface area contributed by atoms with E-state index in [-0.39, 0.29) is 0 Å². The van der Waals surface area contributed by atoms with Gasteiger partial charge in [0.05, 0.1) is 18.5 Å². The van der Waals surface area contributed by atoms with Crippen LogP contribution in [-0.4, -0.2) is 31.2 Å². The molecule has 0 amide bonds. The summed E-state index contributed by atoms with van der Waals surface area (Å²) in [6.07, 6.45) is 1.75. The lowest BCUT2D eigenvalue weighted by Gasteiger charge is -2.05. The Morgan fingerprint density at radius 1 is 1.23 bits per heavy atom. The van der Waals surface area contributed by atoms with Gasteiger partial charge in [0, 0.05) is 17.5 Å². The third-order valence-corrected chi connectivity index (χ3v) is 4.08. The molecule has 0 saturated carbocycles. The van der Waals surface area contributed by atoms with E-state index in [0.717, 1.165) is 39.5 Å². The summed E-state index contributed by atoms with van der Waals surface area (Å²) in [5, 5.41) is 9.27. The molecule has 0 bridgehead atoms. The number of aryl methyl sites for hydroxylation is 2. The van der Waals surface area contributed by atoms with Gasteiger partial charge in [-0.2, -0.15) is 0 Å². The fraction of sp³-hybridized carbons (Fsp3) is 0.333. The molecule has 7 heteroatoms. The first-order chi connectivity index (χ1) is 10.7. The maximum Gasteiger partial charge on any atom is 0.197 e. The zero-order valence-corrected chi connectivity index (χ0v) is 13.6. The summed E-state index contributed by atoms with van der Waals surface area (Å²) in [5.41, 5.74) is 2.75. The van der Waals surface area contributed by atoms with E-state index in [4.69, 9.17) is 4.74 Å². The van der Waals surface area contributed by atoms with Gasteiger partial charge in [0.15, 0.2) is 10.8 Å². The number of ether oxygens (including phenoxy) is 1. The fourth-order valence-electron chi connectivity index (χ4n) is 2.18. The largest absolute Gasteiger partial charge is 0.492 e. The quantitative estimate of drug-likeness (QED) is 0.675. The lowest BCUT2D eigenvalue weighted by atomic mass is 10.4. The van der Waals surface area contributed by atoms with Gasteiger partial charge in [-0.3, -0.25) is 9.38 Å². The van der Waals surface area contributed by atoms with Crippen molar-refractivity contribution < 1.29 is 4.74 Å². The topological polar surface area (TPSA) is 65.2 Å². The summed E-state index contributed by atoms with van der Waals surface area (Å²) in [4.78, 5) is 8.85. The molecular formula is C15H17N5OS. The van der Waals surface area contributed by atoms with Gasteiger partial charge >= 0.3 is 0 Å². The Morgan fingerprint density at radius 3 is 2.82 bits per heavy atom. The van der Waals surface area contributed by atoms with Crippen molar-refractivity contribution in [2.75, 3.05) is 6.61 Å². The van der Waals surface area contributed by atoms with Crippen molar-refractivity contribution in [3.8, 4) is 5.75 Å². The Bertz CT molecular complexity index is 784. The summed E-state index contributed by atoms with van der Waals surface area (Å²) < 4.78 is 7.36. The maximum absolute atomic E-state index is 5.39. The average molecular weight is 315 g/mol. The van der Waals surface area contributed by atoms with E-state index in [0.29, 0.717) is 6.61 Å². The van der Waals surface area contributed by atoms with E-state index >= 15 is 0 Å². The molecule has 114 valence electrons. The molecule has 22 heavy (non-hydrogen) atoms. The first-order valence-corrected chi connectivity index (χ1v) is 8.06. The van der Waals surface area contributed by atoms with E-state index < -0.39 is 0 Å². The number of thioether (sulfide) groups is 1. The van der Waals surface area contributed by atoms with Gasteiger partial charge < -0.3 is 4.74 Å². The van der Waals surface area contributed by atoms with Crippen molar-refractivity contribution in [2.45, 2.75) is 31.7 Å². The first kappa shape index (κ1) is 14.8. The molecule has 0 radical (unpaired) electrons. The molecule has 0 aromatic carbocycles. The second-order valence-corrected chi connectivity index (χ2v) is 5.77. The van der Waals surface area contributed by atoms with Gasteiger partial charge in [-0.15, -0.1) is 10.2 Å². The zero-order valence-electron chi connectivity index (χ0n) is 12.8. The van der Waals surface area contributed by atoms with Gasteiger partial charge in [-0.05, 0) is 32.9 Å². The molecule has 0 N–H and O–H groups in total. The van der Waals surface area contributed by atoms with Crippen molar-refractivity contribution in [2.24, 2.45) is 0 Å². The second-order valence-electron chi connectivity index (χ2n) is 4.83. The summed E-state index contributed by atoms with van der Waals surface area (Å²) >= 11 is 1.59. The van der Waals surface area contributed by atoms with Gasteiger partial charge in [0.25, 0.3) is 0 Å². The van der Waals surface area contributed by atoms with Crippen LogP contribution in [0.5, 0.6) is 5.75 Å². The van der Waals surface area contributed by atoms with Crippen molar-refractivity contribution >= 4 is 17.4 Å². The highest BCUT2D eigenvalue weighted by Crippen LogP contribution is 2.22. The standard InChI is InChI=1S/C15H17N5OS/c1-4-21-13-6-5-12(16-8-13)9-22-15-19-18-14-7-10(2)17-11(3)20(14)15/h5-8H,4,9H2,1-3H3. The normalized spacial score (nSPS) is 11.0. The van der Waals surface area contributed by atoms with Crippen LogP contribution in [-0.2, 0) is 5.75 Å². The third-order valence-electron chi connectivity index (χ3n) is 3.12. The molecule has 0 spiro atoms. The average Bonchev–Trinajstić information content (AvgIpc) is 2.90. The van der Waals surface area contributed by atoms with Gasteiger partial charge in [0.2, 0.25) is 0 Å². The van der Waals surface area contributed by atoms with Crippen LogP contribution in [0, 0.1) is 13.8 Å². The molecule has 0 saturated heterocycles.